The summed E-state index contributed by atoms with van der Waals surface area (Å²) in [5, 5.41) is 3.46. The summed E-state index contributed by atoms with van der Waals surface area (Å²) in [7, 11) is 0. The van der Waals surface area contributed by atoms with Gasteiger partial charge in [0.2, 0.25) is 0 Å². The summed E-state index contributed by atoms with van der Waals surface area (Å²) in [6.07, 6.45) is 0. The van der Waals surface area contributed by atoms with Gasteiger partial charge in [-0.3, -0.25) is 0 Å². The minimum atomic E-state index is 0. The summed E-state index contributed by atoms with van der Waals surface area (Å²) in [6, 6.07) is 0. The molecule has 0 aliphatic rings. The molecule has 0 aromatic rings. The lowest BCUT2D eigenvalue weighted by Crippen LogP contribution is -2.49. The van der Waals surface area contributed by atoms with Crippen molar-refractivity contribution in [2.45, 2.75) is 47.1 Å². The van der Waals surface area contributed by atoms with Gasteiger partial charge in [0.05, 0.1) is 0 Å². The maximum absolute atomic E-state index is 3.46. The third-order valence-electron chi connectivity index (χ3n) is 2.49. The van der Waals surface area contributed by atoms with Gasteiger partial charge in [-0.15, -0.1) is 12.4 Å². The van der Waals surface area contributed by atoms with Crippen LogP contribution in [0.1, 0.15) is 41.5 Å². The molecule has 2 heteroatoms. The van der Waals surface area contributed by atoms with Crippen molar-refractivity contribution in [2.24, 2.45) is 5.41 Å². The zero-order chi connectivity index (χ0) is 8.41. The molecule has 0 fully saturated rings. The van der Waals surface area contributed by atoms with Crippen molar-refractivity contribution in [2.75, 3.05) is 6.54 Å². The molecule has 0 aromatic heterocycles. The van der Waals surface area contributed by atoms with E-state index in [9.17, 15) is 0 Å². The summed E-state index contributed by atoms with van der Waals surface area (Å²) in [6.45, 7) is 14.5. The van der Waals surface area contributed by atoms with Crippen molar-refractivity contribution in [3.8, 4) is 0 Å². The molecule has 0 rings (SSSR count). The highest BCUT2D eigenvalue weighted by Gasteiger charge is 2.31. The minimum Gasteiger partial charge on any atom is -0.312 e. The second-order valence-electron chi connectivity index (χ2n) is 4.41. The summed E-state index contributed by atoms with van der Waals surface area (Å²) >= 11 is 0. The smallest absolute Gasteiger partial charge is 0.0173 e. The van der Waals surface area contributed by atoms with E-state index in [0.717, 1.165) is 6.54 Å². The highest BCUT2D eigenvalue weighted by Crippen LogP contribution is 2.28. The molecule has 0 heterocycles. The monoisotopic (exact) mass is 179 g/mol. The second kappa shape index (κ2) is 4.32. The van der Waals surface area contributed by atoms with Gasteiger partial charge >= 0.3 is 0 Å². The van der Waals surface area contributed by atoms with E-state index in [1.807, 2.05) is 0 Å². The van der Waals surface area contributed by atoms with Gasteiger partial charge in [0, 0.05) is 5.54 Å². The van der Waals surface area contributed by atoms with Gasteiger partial charge in [-0.2, -0.15) is 0 Å². The van der Waals surface area contributed by atoms with Crippen LogP contribution >= 0.6 is 12.4 Å². The van der Waals surface area contributed by atoms with E-state index in [2.05, 4.69) is 46.9 Å². The zero-order valence-corrected chi connectivity index (χ0v) is 9.43. The van der Waals surface area contributed by atoms with Crippen LogP contribution in [0.15, 0.2) is 0 Å². The number of halogens is 1. The summed E-state index contributed by atoms with van der Waals surface area (Å²) < 4.78 is 0. The Morgan fingerprint density at radius 3 is 1.45 bits per heavy atom. The summed E-state index contributed by atoms with van der Waals surface area (Å²) in [5.41, 5.74) is 0.574. The van der Waals surface area contributed by atoms with Crippen molar-refractivity contribution in [3.63, 3.8) is 0 Å². The standard InChI is InChI=1S/C9H21N.ClH/c1-7-10-9(5,6)8(2,3)4;/h10H,7H2,1-6H3;1H. The summed E-state index contributed by atoms with van der Waals surface area (Å²) in [5.74, 6) is 0. The molecule has 0 unspecified atom stereocenters. The fourth-order valence-corrected chi connectivity index (χ4v) is 0.707. The highest BCUT2D eigenvalue weighted by molar-refractivity contribution is 5.85. The average molecular weight is 180 g/mol. The predicted molar refractivity (Wildman–Crippen MR) is 54.5 cm³/mol. The average Bonchev–Trinajstić information content (AvgIpc) is 1.61. The molecule has 0 amide bonds. The van der Waals surface area contributed by atoms with E-state index >= 15 is 0 Å². The van der Waals surface area contributed by atoms with Crippen LogP contribution in [0, 0.1) is 5.41 Å². The van der Waals surface area contributed by atoms with Crippen LogP contribution in [-0.2, 0) is 0 Å². The maximum Gasteiger partial charge on any atom is 0.0173 e. The first kappa shape index (κ1) is 13.8. The molecule has 70 valence electrons. The van der Waals surface area contributed by atoms with Gasteiger partial charge in [0.1, 0.15) is 0 Å². The van der Waals surface area contributed by atoms with Gasteiger partial charge < -0.3 is 5.32 Å². The molecule has 1 nitrogen and oxygen atoms in total. The molecule has 0 aromatic carbocycles. The normalized spacial score (nSPS) is 12.5. The fourth-order valence-electron chi connectivity index (χ4n) is 0.707. The molecule has 0 saturated carbocycles. The Bertz CT molecular complexity index is 103. The number of hydrogen-bond acceptors (Lipinski definition) is 1. The zero-order valence-electron chi connectivity index (χ0n) is 8.62. The van der Waals surface area contributed by atoms with E-state index in [0.29, 0.717) is 5.41 Å². The van der Waals surface area contributed by atoms with Crippen molar-refractivity contribution < 1.29 is 0 Å². The molecular weight excluding hydrogens is 158 g/mol. The topological polar surface area (TPSA) is 12.0 Å². The van der Waals surface area contributed by atoms with E-state index in [1.54, 1.807) is 0 Å². The molecule has 0 spiro atoms. The lowest BCUT2D eigenvalue weighted by molar-refractivity contribution is 0.180. The van der Waals surface area contributed by atoms with E-state index in [1.165, 1.54) is 0 Å². The van der Waals surface area contributed by atoms with Crippen molar-refractivity contribution in [1.29, 1.82) is 0 Å². The van der Waals surface area contributed by atoms with Gasteiger partial charge in [0.15, 0.2) is 0 Å². The van der Waals surface area contributed by atoms with E-state index in [4.69, 9.17) is 0 Å². The summed E-state index contributed by atoms with van der Waals surface area (Å²) in [4.78, 5) is 0. The number of nitrogens with one attached hydrogen (secondary N) is 1. The van der Waals surface area contributed by atoms with E-state index in [-0.39, 0.29) is 17.9 Å². The van der Waals surface area contributed by atoms with Crippen LogP contribution in [0.3, 0.4) is 0 Å². The largest absolute Gasteiger partial charge is 0.312 e. The molecular formula is C9H22ClN. The quantitative estimate of drug-likeness (QED) is 0.688. The molecule has 1 N–H and O–H groups in total. The van der Waals surface area contributed by atoms with Crippen LogP contribution < -0.4 is 5.32 Å². The Kier molecular flexibility index (Phi) is 5.42. The number of rotatable bonds is 2. The van der Waals surface area contributed by atoms with Crippen LogP contribution in [0.5, 0.6) is 0 Å². The molecule has 11 heavy (non-hydrogen) atoms. The molecule has 0 atom stereocenters. The second-order valence-corrected chi connectivity index (χ2v) is 4.41. The molecule has 0 saturated heterocycles. The van der Waals surface area contributed by atoms with Gasteiger partial charge in [-0.25, -0.2) is 0 Å². The van der Waals surface area contributed by atoms with Gasteiger partial charge in [-0.05, 0) is 25.8 Å². The highest BCUT2D eigenvalue weighted by atomic mass is 35.5. The van der Waals surface area contributed by atoms with Crippen LogP contribution in [0.2, 0.25) is 0 Å². The van der Waals surface area contributed by atoms with Crippen LogP contribution in [0.25, 0.3) is 0 Å². The Hall–Kier alpha value is 0.250. The number of hydrogen-bond donors (Lipinski definition) is 1. The third kappa shape index (κ3) is 3.97. The van der Waals surface area contributed by atoms with Crippen molar-refractivity contribution in [1.82, 2.24) is 5.32 Å². The minimum absolute atomic E-state index is 0. The van der Waals surface area contributed by atoms with Gasteiger partial charge in [-0.1, -0.05) is 27.7 Å². The SMILES string of the molecule is CCNC(C)(C)C(C)(C)C.Cl. The van der Waals surface area contributed by atoms with Crippen molar-refractivity contribution in [3.05, 3.63) is 0 Å². The fraction of sp³-hybridized carbons (Fsp3) is 1.00. The Morgan fingerprint density at radius 2 is 1.36 bits per heavy atom. The molecule has 0 aliphatic carbocycles. The lowest BCUT2D eigenvalue weighted by atomic mass is 9.76. The molecule has 0 bridgehead atoms. The first-order valence-corrected chi connectivity index (χ1v) is 4.06. The van der Waals surface area contributed by atoms with Crippen LogP contribution in [0.4, 0.5) is 0 Å². The molecule has 0 aliphatic heterocycles. The van der Waals surface area contributed by atoms with E-state index < -0.39 is 0 Å². The van der Waals surface area contributed by atoms with Gasteiger partial charge in [0.25, 0.3) is 0 Å². The Morgan fingerprint density at radius 1 is 1.00 bits per heavy atom. The first-order valence-electron chi connectivity index (χ1n) is 4.06. The predicted octanol–water partition coefficient (Wildman–Crippen LogP) is 2.84. The first-order chi connectivity index (χ1) is 4.31. The molecule has 0 radical (unpaired) electrons. The van der Waals surface area contributed by atoms with Crippen LogP contribution in [-0.4, -0.2) is 12.1 Å². The lowest BCUT2D eigenvalue weighted by Gasteiger charge is -2.39. The maximum atomic E-state index is 3.46. The Balaban J connectivity index is 0. The third-order valence-corrected chi connectivity index (χ3v) is 2.49. The van der Waals surface area contributed by atoms with Crippen molar-refractivity contribution >= 4 is 12.4 Å². The Labute approximate surface area is 77.4 Å².